The van der Waals surface area contributed by atoms with E-state index in [2.05, 4.69) is 20.8 Å². The van der Waals surface area contributed by atoms with Gasteiger partial charge >= 0.3 is 0 Å². The molecule has 3 heteroatoms. The summed E-state index contributed by atoms with van der Waals surface area (Å²) >= 11 is 0. The van der Waals surface area contributed by atoms with Crippen LogP contribution in [0.5, 0.6) is 0 Å². The van der Waals surface area contributed by atoms with Crippen LogP contribution < -0.4 is 5.11 Å². The van der Waals surface area contributed by atoms with E-state index in [0.29, 0.717) is 17.8 Å². The quantitative estimate of drug-likeness (QED) is 0.847. The zero-order valence-corrected chi connectivity index (χ0v) is 14.2. The van der Waals surface area contributed by atoms with E-state index < -0.39 is 6.09 Å². The summed E-state index contributed by atoms with van der Waals surface area (Å²) < 4.78 is 0. The number of hydrogen-bond acceptors (Lipinski definition) is 2. The zero-order chi connectivity index (χ0) is 16.3. The van der Waals surface area contributed by atoms with Crippen molar-refractivity contribution >= 4 is 6.09 Å². The smallest absolute Gasteiger partial charge is 0.137 e. The first-order valence-corrected chi connectivity index (χ1v) is 8.46. The van der Waals surface area contributed by atoms with Crippen molar-refractivity contribution in [2.45, 2.75) is 59.0 Å². The number of carbonyl (C=O) groups is 1. The van der Waals surface area contributed by atoms with Crippen LogP contribution in [0.4, 0.5) is 4.79 Å². The van der Waals surface area contributed by atoms with Crippen molar-refractivity contribution in [1.29, 1.82) is 0 Å². The predicted octanol–water partition coefficient (Wildman–Crippen LogP) is 3.85. The van der Waals surface area contributed by atoms with E-state index in [-0.39, 0.29) is 12.1 Å². The Bertz CT molecular complexity index is 485. The maximum atomic E-state index is 11.9. The highest BCUT2D eigenvalue weighted by atomic mass is 16.4. The van der Waals surface area contributed by atoms with Gasteiger partial charge in [0.15, 0.2) is 0 Å². The molecule has 0 bridgehead atoms. The number of nitrogens with zero attached hydrogens (tertiary/aromatic N) is 1. The second-order valence-electron chi connectivity index (χ2n) is 7.12. The van der Waals surface area contributed by atoms with Crippen molar-refractivity contribution in [3.63, 3.8) is 0 Å². The van der Waals surface area contributed by atoms with Crippen LogP contribution in [-0.2, 0) is 0 Å². The molecular formula is C19H28NO2-. The van der Waals surface area contributed by atoms with Crippen LogP contribution in [0.15, 0.2) is 30.3 Å². The van der Waals surface area contributed by atoms with Crippen molar-refractivity contribution in [3.8, 4) is 0 Å². The van der Waals surface area contributed by atoms with E-state index in [1.807, 2.05) is 37.3 Å². The molecule has 1 fully saturated rings. The first-order chi connectivity index (χ1) is 10.4. The molecule has 0 N–H and O–H groups in total. The van der Waals surface area contributed by atoms with Gasteiger partial charge in [0, 0.05) is 6.04 Å². The third kappa shape index (κ3) is 3.63. The van der Waals surface area contributed by atoms with E-state index in [1.54, 1.807) is 4.90 Å². The molecule has 4 unspecified atom stereocenters. The molecule has 1 aliphatic rings. The summed E-state index contributed by atoms with van der Waals surface area (Å²) in [4.78, 5) is 13.4. The van der Waals surface area contributed by atoms with E-state index in [4.69, 9.17) is 0 Å². The van der Waals surface area contributed by atoms with Gasteiger partial charge in [-0.2, -0.15) is 0 Å². The SMILES string of the molecule is CC(C)C1CCC(C)C(N(C(=O)[O-])C(C)c2ccccc2)C1. The van der Waals surface area contributed by atoms with Gasteiger partial charge in [0.2, 0.25) is 0 Å². The normalized spacial score (nSPS) is 26.7. The summed E-state index contributed by atoms with van der Waals surface area (Å²) in [5.74, 6) is 1.59. The molecule has 0 heterocycles. The molecule has 1 amide bonds. The highest BCUT2D eigenvalue weighted by Gasteiger charge is 2.35. The summed E-state index contributed by atoms with van der Waals surface area (Å²) in [6, 6.07) is 9.76. The van der Waals surface area contributed by atoms with Crippen LogP contribution in [0.2, 0.25) is 0 Å². The molecule has 3 nitrogen and oxygen atoms in total. The third-order valence-electron chi connectivity index (χ3n) is 5.40. The molecule has 0 aliphatic heterocycles. The van der Waals surface area contributed by atoms with E-state index in [0.717, 1.165) is 18.4 Å². The van der Waals surface area contributed by atoms with Crippen LogP contribution in [0.25, 0.3) is 0 Å². The minimum absolute atomic E-state index is 0.0568. The zero-order valence-electron chi connectivity index (χ0n) is 14.2. The van der Waals surface area contributed by atoms with Gasteiger partial charge in [-0.1, -0.05) is 51.1 Å². The maximum Gasteiger partial charge on any atom is 0.137 e. The summed E-state index contributed by atoms with van der Waals surface area (Å²) in [5.41, 5.74) is 1.03. The average Bonchev–Trinajstić information content (AvgIpc) is 2.49. The molecule has 22 heavy (non-hydrogen) atoms. The fraction of sp³-hybridized carbons (Fsp3) is 0.632. The Morgan fingerprint density at radius 3 is 2.36 bits per heavy atom. The molecule has 1 aliphatic carbocycles. The Morgan fingerprint density at radius 2 is 1.82 bits per heavy atom. The number of amides is 1. The molecule has 0 spiro atoms. The van der Waals surface area contributed by atoms with Crippen molar-refractivity contribution in [1.82, 2.24) is 4.90 Å². The second-order valence-corrected chi connectivity index (χ2v) is 7.12. The first-order valence-electron chi connectivity index (χ1n) is 8.46. The standard InChI is InChI=1S/C19H29NO2/c1-13(2)17-11-10-14(3)18(12-17)20(19(21)22)15(4)16-8-6-5-7-9-16/h5-9,13-15,17-18H,10-12H2,1-4H3,(H,21,22)/p-1. The van der Waals surface area contributed by atoms with Crippen molar-refractivity contribution in [3.05, 3.63) is 35.9 Å². The lowest BCUT2D eigenvalue weighted by Gasteiger charge is -2.46. The van der Waals surface area contributed by atoms with Crippen molar-refractivity contribution in [2.24, 2.45) is 17.8 Å². The molecule has 0 saturated heterocycles. The van der Waals surface area contributed by atoms with Gasteiger partial charge in [-0.25, -0.2) is 0 Å². The van der Waals surface area contributed by atoms with Gasteiger partial charge < -0.3 is 14.8 Å². The number of carboxylic acid groups (broad SMARTS) is 1. The molecule has 122 valence electrons. The highest BCUT2D eigenvalue weighted by molar-refractivity contribution is 5.64. The van der Waals surface area contributed by atoms with Gasteiger partial charge in [-0.3, -0.25) is 0 Å². The van der Waals surface area contributed by atoms with E-state index in [9.17, 15) is 9.90 Å². The Labute approximate surface area is 134 Å². The van der Waals surface area contributed by atoms with Gasteiger partial charge in [-0.05, 0) is 49.5 Å². The van der Waals surface area contributed by atoms with Gasteiger partial charge in [-0.15, -0.1) is 0 Å². The van der Waals surface area contributed by atoms with Gasteiger partial charge in [0.25, 0.3) is 0 Å². The molecule has 1 aromatic rings. The minimum Gasteiger partial charge on any atom is -0.530 e. The van der Waals surface area contributed by atoms with Crippen LogP contribution in [-0.4, -0.2) is 17.0 Å². The lowest BCUT2D eigenvalue weighted by Crippen LogP contribution is -2.53. The van der Waals surface area contributed by atoms with Crippen LogP contribution in [0, 0.1) is 17.8 Å². The highest BCUT2D eigenvalue weighted by Crippen LogP contribution is 2.38. The summed E-state index contributed by atoms with van der Waals surface area (Å²) in [5, 5.41) is 11.9. The monoisotopic (exact) mass is 302 g/mol. The van der Waals surface area contributed by atoms with Gasteiger partial charge in [0.05, 0.1) is 6.04 Å². The Balaban J connectivity index is 2.24. The largest absolute Gasteiger partial charge is 0.530 e. The van der Waals surface area contributed by atoms with Crippen LogP contribution in [0.1, 0.15) is 58.6 Å². The van der Waals surface area contributed by atoms with Crippen LogP contribution in [0.3, 0.4) is 0 Å². The minimum atomic E-state index is -1.04. The van der Waals surface area contributed by atoms with Crippen LogP contribution >= 0.6 is 0 Å². The molecular weight excluding hydrogens is 274 g/mol. The number of benzene rings is 1. The topological polar surface area (TPSA) is 43.4 Å². The molecule has 4 atom stereocenters. The third-order valence-corrected chi connectivity index (χ3v) is 5.40. The fourth-order valence-corrected chi connectivity index (χ4v) is 3.80. The van der Waals surface area contributed by atoms with Crippen molar-refractivity contribution < 1.29 is 9.90 Å². The predicted molar refractivity (Wildman–Crippen MR) is 87.2 cm³/mol. The summed E-state index contributed by atoms with van der Waals surface area (Å²) in [6.45, 7) is 8.62. The number of carbonyl (C=O) groups excluding carboxylic acids is 1. The maximum absolute atomic E-state index is 11.9. The Kier molecular flexibility index (Phi) is 5.49. The lowest BCUT2D eigenvalue weighted by atomic mass is 9.74. The second kappa shape index (κ2) is 7.17. The number of hydrogen-bond donors (Lipinski definition) is 0. The number of rotatable bonds is 4. The van der Waals surface area contributed by atoms with E-state index in [1.165, 1.54) is 6.42 Å². The molecule has 1 aromatic carbocycles. The summed E-state index contributed by atoms with van der Waals surface area (Å²) in [6.07, 6.45) is 2.20. The lowest BCUT2D eigenvalue weighted by molar-refractivity contribution is -0.272. The van der Waals surface area contributed by atoms with Gasteiger partial charge in [0.1, 0.15) is 6.09 Å². The van der Waals surface area contributed by atoms with Crippen molar-refractivity contribution in [2.75, 3.05) is 0 Å². The Hall–Kier alpha value is -1.51. The fourth-order valence-electron chi connectivity index (χ4n) is 3.80. The molecule has 2 rings (SSSR count). The first kappa shape index (κ1) is 16.9. The summed E-state index contributed by atoms with van der Waals surface area (Å²) in [7, 11) is 0. The average molecular weight is 302 g/mol. The Morgan fingerprint density at radius 1 is 1.18 bits per heavy atom. The molecule has 1 saturated carbocycles. The molecule has 0 aromatic heterocycles. The van der Waals surface area contributed by atoms with E-state index >= 15 is 0 Å². The molecule has 0 radical (unpaired) electrons.